The molecule has 8 aliphatic rings. The summed E-state index contributed by atoms with van der Waals surface area (Å²) in [6, 6.07) is 14.5. The van der Waals surface area contributed by atoms with Crippen molar-refractivity contribution in [1.29, 1.82) is 0 Å². The number of nitrogens with one attached hydrogen (secondary N) is 6. The number of phenolic OH excluding ortho intramolecular Hbond substituents is 2. The van der Waals surface area contributed by atoms with Crippen molar-refractivity contribution < 1.29 is 101 Å². The van der Waals surface area contributed by atoms with Crippen LogP contribution in [0.1, 0.15) is 148 Å². The number of methoxy groups -OCH3 is 1. The number of hydrogen-bond acceptors (Lipinski definition) is 24. The van der Waals surface area contributed by atoms with Gasteiger partial charge in [-0.15, -0.1) is 0 Å². The van der Waals surface area contributed by atoms with Gasteiger partial charge in [0.1, 0.15) is 70.5 Å². The molecule has 15 atom stereocenters. The van der Waals surface area contributed by atoms with Gasteiger partial charge in [-0.25, -0.2) is 4.98 Å². The van der Waals surface area contributed by atoms with Gasteiger partial charge in [0.05, 0.1) is 42.1 Å². The number of ketones is 1. The minimum absolute atomic E-state index is 0.0205. The molecular weight excluding hydrogens is 1620 g/mol. The summed E-state index contributed by atoms with van der Waals surface area (Å²) in [5.41, 5.74) is -0.490. The number of piperidine rings is 1. The highest BCUT2D eigenvalue weighted by Gasteiger charge is 2.51. The number of amides is 10. The van der Waals surface area contributed by atoms with E-state index in [0.29, 0.717) is 42.5 Å². The van der Waals surface area contributed by atoms with Gasteiger partial charge >= 0.3 is 11.8 Å². The van der Waals surface area contributed by atoms with Gasteiger partial charge in [-0.2, -0.15) is 0 Å². The highest BCUT2D eigenvalue weighted by molar-refractivity contribution is 6.23. The summed E-state index contributed by atoms with van der Waals surface area (Å²) in [6.45, 7) is 19.6. The summed E-state index contributed by atoms with van der Waals surface area (Å²) in [7, 11) is 2.86. The Morgan fingerprint density at radius 2 is 1.41 bits per heavy atom. The Kier molecular flexibility index (Phi) is 30.5. The lowest BCUT2D eigenvalue weighted by atomic mass is 9.78. The van der Waals surface area contributed by atoms with Crippen LogP contribution < -0.4 is 47.0 Å². The first-order valence-electron chi connectivity index (χ1n) is 42.9. The smallest absolute Gasteiger partial charge is 0.312 e. The topological polar surface area (TPSA) is 451 Å². The molecule has 33 nitrogen and oxygen atoms in total. The fourth-order valence-corrected chi connectivity index (χ4v) is 17.1. The monoisotopic (exact) mass is 1740 g/mol. The van der Waals surface area contributed by atoms with E-state index in [9.17, 15) is 58.8 Å². The average Bonchev–Trinajstić information content (AvgIpc) is 1.44. The second-order valence-electron chi connectivity index (χ2n) is 34.2. The second-order valence-corrected chi connectivity index (χ2v) is 34.2. The number of rotatable bonds is 26. The number of aliphatic hydroxyl groups excluding tert-OH is 2. The highest BCUT2D eigenvalue weighted by atomic mass is 16.7. The average molecular weight is 1740 g/mol. The number of carbonyl (C=O) groups is 12. The lowest BCUT2D eigenvalue weighted by molar-refractivity contribution is -0.160. The molecule has 4 aromatic carbocycles. The standard InChI is InChI=1S/C93H115N11O22/c1-15-49(4)75(99-90(119)63-30-23-37-103(63)71(110)47-94-68(107)35-40-104-69(108)31-32-70(104)109)92(121)101(13)64(42-48(2)3)91(120)97-62(44-58-28-20-17-21-29-58)89(118)96-61(43-57-26-18-16-19-27-57)88(117)95-59-33-38-102(39-34-59)60-45-65(106)76-67(46-60)125-85-77(98-76)72-73-81(113)55(10)84-74(72)86(115)93(12,126-84)123-41-36-66(122-14)52(7)83(124-56(11)105)54(9)80(112)53(8)79(111)50(5)24-22-25-51(6)87(116)100-78(85)82(73)114/h16-22,24-29,31-32,36,41,45-46,48-50,52-54,59,61-64,66,75,79-80,83,106,111-113H,15,23,30,33-35,37-40,42-44,47H2,1-14H3,(H,94,107)(H,95,117)(H,96,118)(H,97,120)(H,99,119)(H,100,116)/b24-22+,41-36+,51-25-/t49-,50-,52+,53+,54+,61-,62-,63-,64-,66-,75-,79-,80+,83+,93-/m0/s1. The Hall–Kier alpha value is -12.4. The minimum Gasteiger partial charge on any atom is -0.507 e. The normalized spacial score (nSPS) is 24.1. The molecule has 0 radical (unpaired) electrons. The number of ether oxygens (including phenoxy) is 4. The molecule has 0 saturated carbocycles. The predicted octanol–water partition coefficient (Wildman–Crippen LogP) is 7.02. The number of benzene rings is 5. The van der Waals surface area contributed by atoms with Crippen molar-refractivity contribution >= 4 is 104 Å². The number of nitrogens with zero attached hydrogens (tertiary/aromatic N) is 5. The van der Waals surface area contributed by atoms with Crippen molar-refractivity contribution in [2.45, 2.75) is 207 Å². The Morgan fingerprint density at radius 3 is 2.03 bits per heavy atom. The van der Waals surface area contributed by atoms with E-state index in [4.69, 9.17) is 28.3 Å². The summed E-state index contributed by atoms with van der Waals surface area (Å²) < 4.78 is 30.9. The number of aliphatic hydroxyl groups is 2. The number of imide groups is 1. The summed E-state index contributed by atoms with van der Waals surface area (Å²) in [6.07, 6.45) is 6.76. The maximum absolute atomic E-state index is 15.4. The quantitative estimate of drug-likeness (QED) is 0.0113. The molecule has 674 valence electrons. The third-order valence-electron chi connectivity index (χ3n) is 24.8. The number of likely N-dealkylation sites (tertiary alicyclic amines) is 1. The number of likely N-dealkylation sites (N-methyl/N-ethyl adjacent to an activating group) is 1. The van der Waals surface area contributed by atoms with Crippen LogP contribution in [0.5, 0.6) is 17.2 Å². The predicted molar refractivity (Wildman–Crippen MR) is 466 cm³/mol. The van der Waals surface area contributed by atoms with Crippen LogP contribution in [0.4, 0.5) is 11.4 Å². The van der Waals surface area contributed by atoms with Crippen molar-refractivity contribution in [3.05, 3.63) is 154 Å². The number of aromatic nitrogens is 1. The largest absolute Gasteiger partial charge is 0.507 e. The van der Waals surface area contributed by atoms with Gasteiger partial charge in [0.2, 0.25) is 46.8 Å². The summed E-state index contributed by atoms with van der Waals surface area (Å²) in [5.74, 6) is -15.1. The van der Waals surface area contributed by atoms with Crippen molar-refractivity contribution in [3.63, 3.8) is 0 Å². The lowest BCUT2D eigenvalue weighted by Crippen LogP contribution is -2.61. The van der Waals surface area contributed by atoms with Gasteiger partial charge in [-0.1, -0.05) is 141 Å². The van der Waals surface area contributed by atoms with E-state index in [2.05, 4.69) is 31.9 Å². The first-order chi connectivity index (χ1) is 59.8. The maximum atomic E-state index is 15.4. The van der Waals surface area contributed by atoms with Crippen molar-refractivity contribution in [3.8, 4) is 28.7 Å². The van der Waals surface area contributed by atoms with E-state index in [-0.39, 0.29) is 115 Å². The van der Waals surface area contributed by atoms with Crippen LogP contribution in [-0.4, -0.2) is 224 Å². The maximum Gasteiger partial charge on any atom is 0.312 e. The molecular formula is C93H115N11O22. The summed E-state index contributed by atoms with van der Waals surface area (Å²) in [5, 5.41) is 64.2. The Balaban J connectivity index is 0.831. The van der Waals surface area contributed by atoms with Crippen LogP contribution >= 0.6 is 0 Å². The highest BCUT2D eigenvalue weighted by Crippen LogP contribution is 2.51. The number of allylic oxidation sites excluding steroid dienone is 2. The molecule has 2 fully saturated rings. The number of Topliss-reactive ketones (excluding diaryl/α,β-unsaturated/α-hetero) is 1. The van der Waals surface area contributed by atoms with Crippen LogP contribution in [0.3, 0.4) is 0 Å². The van der Waals surface area contributed by atoms with Gasteiger partial charge in [0, 0.05) is 150 Å². The van der Waals surface area contributed by atoms with E-state index < -0.39 is 201 Å². The number of fused-ring (bicyclic) bond motifs is 14. The van der Waals surface area contributed by atoms with Gasteiger partial charge in [0.25, 0.3) is 23.5 Å². The molecule has 7 aliphatic heterocycles. The molecule has 0 aromatic heterocycles. The summed E-state index contributed by atoms with van der Waals surface area (Å²) >= 11 is 0. The van der Waals surface area contributed by atoms with E-state index in [1.54, 1.807) is 89.2 Å². The number of aromatic hydroxyl groups is 2. The summed E-state index contributed by atoms with van der Waals surface area (Å²) in [4.78, 5) is 193. The first kappa shape index (κ1) is 94.3. The number of esters is 1. The zero-order valence-corrected chi connectivity index (χ0v) is 73.5. The lowest BCUT2D eigenvalue weighted by Gasteiger charge is -2.38. The van der Waals surface area contributed by atoms with Crippen LogP contribution in [0.25, 0.3) is 33.3 Å². The van der Waals surface area contributed by atoms with Crippen LogP contribution in [0, 0.1) is 42.4 Å². The first-order valence-corrected chi connectivity index (χ1v) is 42.9. The second kappa shape index (κ2) is 40.7. The van der Waals surface area contributed by atoms with Crippen molar-refractivity contribution in [2.75, 3.05) is 57.1 Å². The molecule has 2 saturated heterocycles. The molecule has 7 heterocycles. The molecule has 0 unspecified atom stereocenters. The van der Waals surface area contributed by atoms with E-state index in [0.717, 1.165) is 23.3 Å². The van der Waals surface area contributed by atoms with Gasteiger partial charge < -0.3 is 90.4 Å². The van der Waals surface area contributed by atoms with Gasteiger partial charge in [0.15, 0.2) is 11.3 Å². The number of hydrogen-bond donors (Lipinski definition) is 10. The molecule has 10 N–H and O–H groups in total. The molecule has 33 heteroatoms. The molecule has 0 spiro atoms. The van der Waals surface area contributed by atoms with Crippen LogP contribution in [0.15, 0.2) is 130 Å². The fourth-order valence-electron chi connectivity index (χ4n) is 17.1. The third kappa shape index (κ3) is 21.1. The molecule has 12 rings (SSSR count). The van der Waals surface area contributed by atoms with Crippen LogP contribution in [0.2, 0.25) is 0 Å². The Bertz CT molecular complexity index is 5280. The van der Waals surface area contributed by atoms with E-state index >= 15 is 24.0 Å². The van der Waals surface area contributed by atoms with Gasteiger partial charge in [-0.3, -0.25) is 67.2 Å². The Morgan fingerprint density at radius 1 is 0.778 bits per heavy atom. The van der Waals surface area contributed by atoms with E-state index in [1.807, 2.05) is 43.9 Å². The number of carbonyl (C=O) groups excluding carboxylic acids is 12. The molecule has 10 amide bonds. The van der Waals surface area contributed by atoms with Crippen LogP contribution in [-0.2, 0) is 79.8 Å². The van der Waals surface area contributed by atoms with Crippen molar-refractivity contribution in [2.24, 2.45) is 35.5 Å². The third-order valence-corrected chi connectivity index (χ3v) is 24.8. The number of anilines is 2. The number of phenols is 2. The van der Waals surface area contributed by atoms with Crippen molar-refractivity contribution in [1.82, 2.24) is 46.3 Å². The SMILES string of the molecule is CC[C@H](C)[C@H](NC(=O)[C@@H]1CCCN1C(=O)CNC(=O)CCN1C(=O)C=CC1=O)C(=O)N(C)[C@@H](CC(C)C)C(=O)N[C@@H](Cc1ccccc1)C(=O)N[C@@H](Cc1ccccc1)C(=O)NC1CCN(c2cc(O)c3nc4c5c6c7c(C)c(O)c5c(=O)c(c-4oc3c2)NC(=O)/C(C)=C\C=C\[C@H](C)[C@H](O)[C@@H](C)[C@@H](O)[C@@H](C)[C@H](OC(C)=O)[C@H](C)[C@@H](OC)/C=C/O[C@@](C)(O7)C6=O)CC1. The molecule has 1 aliphatic carbocycles. The molecule has 4 aromatic rings. The minimum atomic E-state index is -2.20. The fraction of sp³-hybridized carbons (Fsp3) is 0.484. The molecule has 126 heavy (non-hydrogen) atoms. The zero-order chi connectivity index (χ0) is 91.6. The zero-order valence-electron chi connectivity index (χ0n) is 73.5. The molecule has 5 bridgehead atoms. The Labute approximate surface area is 730 Å². The van der Waals surface area contributed by atoms with E-state index in [1.165, 1.54) is 75.9 Å². The van der Waals surface area contributed by atoms with Gasteiger partial charge in [-0.05, 0) is 75.0 Å².